The molecule has 0 fully saturated rings. The number of rotatable bonds is 6. The van der Waals surface area contributed by atoms with Gasteiger partial charge in [-0.3, -0.25) is 0 Å². The average Bonchev–Trinajstić information content (AvgIpc) is 2.33. The third-order valence-corrected chi connectivity index (χ3v) is 3.14. The van der Waals surface area contributed by atoms with Gasteiger partial charge in [0.15, 0.2) is 0 Å². The second-order valence-electron chi connectivity index (χ2n) is 4.49. The van der Waals surface area contributed by atoms with Crippen molar-refractivity contribution >= 4 is 21.6 Å². The molecule has 0 aliphatic rings. The number of ether oxygens (including phenoxy) is 1. The molecule has 0 aliphatic heterocycles. The van der Waals surface area contributed by atoms with E-state index in [1.54, 1.807) is 6.07 Å². The zero-order chi connectivity index (χ0) is 13.5. The van der Waals surface area contributed by atoms with Crippen molar-refractivity contribution in [1.29, 1.82) is 5.26 Å². The maximum atomic E-state index is 8.95. The largest absolute Gasteiger partial charge is 0.380 e. The van der Waals surface area contributed by atoms with Crippen LogP contribution in [0, 0.1) is 17.2 Å². The number of hydrogen-bond donors (Lipinski definition) is 1. The fourth-order valence-electron chi connectivity index (χ4n) is 1.60. The second-order valence-corrected chi connectivity index (χ2v) is 5.41. The molecule has 0 spiro atoms. The van der Waals surface area contributed by atoms with Gasteiger partial charge in [0.25, 0.3) is 0 Å². The third kappa shape index (κ3) is 4.67. The zero-order valence-corrected chi connectivity index (χ0v) is 12.6. The zero-order valence-electron chi connectivity index (χ0n) is 11.0. The Kier molecular flexibility index (Phi) is 6.17. The van der Waals surface area contributed by atoms with Crippen molar-refractivity contribution in [1.82, 2.24) is 0 Å². The second kappa shape index (κ2) is 7.40. The monoisotopic (exact) mass is 310 g/mol. The van der Waals surface area contributed by atoms with Gasteiger partial charge in [-0.05, 0) is 31.0 Å². The van der Waals surface area contributed by atoms with Gasteiger partial charge in [-0.15, -0.1) is 0 Å². The summed E-state index contributed by atoms with van der Waals surface area (Å²) < 4.78 is 6.38. The van der Waals surface area contributed by atoms with Crippen LogP contribution in [0.5, 0.6) is 0 Å². The summed E-state index contributed by atoms with van der Waals surface area (Å²) in [5.41, 5.74) is 1.59. The van der Waals surface area contributed by atoms with Gasteiger partial charge in [-0.1, -0.05) is 29.8 Å². The summed E-state index contributed by atoms with van der Waals surface area (Å²) in [7, 11) is 0. The molecule has 98 valence electrons. The summed E-state index contributed by atoms with van der Waals surface area (Å²) in [4.78, 5) is 0. The highest BCUT2D eigenvalue weighted by Crippen LogP contribution is 2.21. The van der Waals surface area contributed by atoms with Crippen LogP contribution in [0.25, 0.3) is 0 Å². The van der Waals surface area contributed by atoms with Gasteiger partial charge >= 0.3 is 0 Å². The van der Waals surface area contributed by atoms with Crippen LogP contribution in [-0.4, -0.2) is 19.3 Å². The molecule has 3 nitrogen and oxygen atoms in total. The van der Waals surface area contributed by atoms with E-state index < -0.39 is 0 Å². The Morgan fingerprint density at radius 3 is 2.67 bits per heavy atom. The molecule has 1 unspecified atom stereocenters. The number of halogens is 1. The van der Waals surface area contributed by atoms with E-state index in [2.05, 4.69) is 41.2 Å². The molecular weight excluding hydrogens is 292 g/mol. The van der Waals surface area contributed by atoms with E-state index in [1.165, 1.54) is 0 Å². The maximum absolute atomic E-state index is 8.95. The van der Waals surface area contributed by atoms with Crippen molar-refractivity contribution in [3.05, 3.63) is 28.2 Å². The normalized spacial score (nSPS) is 12.2. The van der Waals surface area contributed by atoms with Crippen LogP contribution in [0.4, 0.5) is 5.69 Å². The van der Waals surface area contributed by atoms with Crippen molar-refractivity contribution in [2.45, 2.75) is 26.8 Å². The Balaban J connectivity index is 2.80. The topological polar surface area (TPSA) is 45.0 Å². The van der Waals surface area contributed by atoms with E-state index >= 15 is 0 Å². The van der Waals surface area contributed by atoms with Crippen molar-refractivity contribution in [3.8, 4) is 6.07 Å². The molecular formula is C14H19BrN2O. The van der Waals surface area contributed by atoms with Crippen LogP contribution in [0.15, 0.2) is 22.7 Å². The van der Waals surface area contributed by atoms with E-state index in [-0.39, 0.29) is 6.04 Å². The van der Waals surface area contributed by atoms with Gasteiger partial charge < -0.3 is 10.1 Å². The predicted molar refractivity (Wildman–Crippen MR) is 77.6 cm³/mol. The van der Waals surface area contributed by atoms with E-state index in [4.69, 9.17) is 10.00 Å². The van der Waals surface area contributed by atoms with E-state index in [9.17, 15) is 0 Å². The Labute approximate surface area is 117 Å². The number of anilines is 1. The van der Waals surface area contributed by atoms with Gasteiger partial charge in [0, 0.05) is 16.8 Å². The number of nitrogens with zero attached hydrogens (tertiary/aromatic N) is 1. The fourth-order valence-corrected chi connectivity index (χ4v) is 2.09. The minimum atomic E-state index is 0.241. The molecule has 0 saturated carbocycles. The predicted octanol–water partition coefficient (Wildman–Crippen LogP) is 3.79. The summed E-state index contributed by atoms with van der Waals surface area (Å²) in [6.07, 6.45) is 0. The lowest BCUT2D eigenvalue weighted by Crippen LogP contribution is -2.30. The van der Waals surface area contributed by atoms with Gasteiger partial charge in [0.1, 0.15) is 0 Å². The van der Waals surface area contributed by atoms with E-state index in [0.29, 0.717) is 24.7 Å². The van der Waals surface area contributed by atoms with Crippen LogP contribution in [-0.2, 0) is 4.74 Å². The smallest absolute Gasteiger partial charge is 0.0992 e. The van der Waals surface area contributed by atoms with E-state index in [0.717, 1.165) is 10.2 Å². The van der Waals surface area contributed by atoms with Crippen LogP contribution < -0.4 is 5.32 Å². The first-order valence-corrected chi connectivity index (χ1v) is 6.91. The summed E-state index contributed by atoms with van der Waals surface area (Å²) in [5, 5.41) is 12.4. The van der Waals surface area contributed by atoms with Gasteiger partial charge in [-0.25, -0.2) is 0 Å². The Morgan fingerprint density at radius 2 is 2.11 bits per heavy atom. The molecule has 0 saturated heterocycles. The number of benzene rings is 1. The lowest BCUT2D eigenvalue weighted by Gasteiger charge is -2.23. The number of hydrogen-bond acceptors (Lipinski definition) is 3. The third-order valence-electron chi connectivity index (χ3n) is 2.69. The minimum Gasteiger partial charge on any atom is -0.380 e. The first-order chi connectivity index (χ1) is 8.56. The standard InChI is InChI=1S/C14H19BrN2O/c1-4-18-9-14(10(2)3)17-13-6-11(8-16)5-12(15)7-13/h5-7,10,14,17H,4,9H2,1-3H3. The lowest BCUT2D eigenvalue weighted by atomic mass is 10.0. The fraction of sp³-hybridized carbons (Fsp3) is 0.500. The Hall–Kier alpha value is -1.05. The minimum absolute atomic E-state index is 0.241. The van der Waals surface area contributed by atoms with Crippen molar-refractivity contribution < 1.29 is 4.74 Å². The molecule has 1 rings (SSSR count). The van der Waals surface area contributed by atoms with E-state index in [1.807, 2.05) is 19.1 Å². The Bertz CT molecular complexity index is 426. The highest BCUT2D eigenvalue weighted by Gasteiger charge is 2.13. The first kappa shape index (κ1) is 15.0. The molecule has 0 heterocycles. The molecule has 1 aromatic carbocycles. The molecule has 0 aromatic heterocycles. The first-order valence-electron chi connectivity index (χ1n) is 6.11. The molecule has 0 aliphatic carbocycles. The highest BCUT2D eigenvalue weighted by atomic mass is 79.9. The molecule has 18 heavy (non-hydrogen) atoms. The lowest BCUT2D eigenvalue weighted by molar-refractivity contribution is 0.127. The molecule has 1 aromatic rings. The van der Waals surface area contributed by atoms with Crippen LogP contribution in [0.2, 0.25) is 0 Å². The van der Waals surface area contributed by atoms with Crippen molar-refractivity contribution in [2.75, 3.05) is 18.5 Å². The van der Waals surface area contributed by atoms with Crippen LogP contribution >= 0.6 is 15.9 Å². The molecule has 0 amide bonds. The van der Waals surface area contributed by atoms with Gasteiger partial charge in [-0.2, -0.15) is 5.26 Å². The number of nitrogens with one attached hydrogen (secondary N) is 1. The Morgan fingerprint density at radius 1 is 1.39 bits per heavy atom. The average molecular weight is 311 g/mol. The van der Waals surface area contributed by atoms with Crippen LogP contribution in [0.1, 0.15) is 26.3 Å². The molecule has 0 bridgehead atoms. The summed E-state index contributed by atoms with van der Waals surface area (Å²) in [5.74, 6) is 0.459. The summed E-state index contributed by atoms with van der Waals surface area (Å²) >= 11 is 3.41. The van der Waals surface area contributed by atoms with Crippen molar-refractivity contribution in [3.63, 3.8) is 0 Å². The van der Waals surface area contributed by atoms with Gasteiger partial charge in [0.2, 0.25) is 0 Å². The summed E-state index contributed by atoms with van der Waals surface area (Å²) in [6.45, 7) is 7.68. The van der Waals surface area contributed by atoms with Crippen LogP contribution in [0.3, 0.4) is 0 Å². The maximum Gasteiger partial charge on any atom is 0.0992 e. The molecule has 0 radical (unpaired) electrons. The summed E-state index contributed by atoms with van der Waals surface area (Å²) in [6, 6.07) is 8.03. The highest BCUT2D eigenvalue weighted by molar-refractivity contribution is 9.10. The molecule has 4 heteroatoms. The van der Waals surface area contributed by atoms with Gasteiger partial charge in [0.05, 0.1) is 24.3 Å². The molecule has 1 atom stereocenters. The molecule has 1 N–H and O–H groups in total. The number of nitriles is 1. The SMILES string of the molecule is CCOCC(Nc1cc(Br)cc(C#N)c1)C(C)C. The quantitative estimate of drug-likeness (QED) is 0.869. The van der Waals surface area contributed by atoms with Crippen molar-refractivity contribution in [2.24, 2.45) is 5.92 Å².